The first-order chi connectivity index (χ1) is 11.0. The van der Waals surface area contributed by atoms with E-state index in [-0.39, 0.29) is 0 Å². The average molecular weight is 325 g/mol. The second-order valence-corrected chi connectivity index (χ2v) is 13.0. The smallest absolute Gasteiger partial charge is 0.0799 e. The molecule has 1 fully saturated rings. The van der Waals surface area contributed by atoms with Gasteiger partial charge in [-0.25, -0.2) is 0 Å². The predicted molar refractivity (Wildman–Crippen MR) is 101 cm³/mol. The fourth-order valence-electron chi connectivity index (χ4n) is 3.72. The lowest BCUT2D eigenvalue weighted by molar-refractivity contribution is 0.357. The molecule has 0 radical (unpaired) electrons. The van der Waals surface area contributed by atoms with Gasteiger partial charge in [0, 0.05) is 24.2 Å². The standard InChI is InChI=1S/C20H28N2Si/c1-23(2,3)20-15-22-19(17-10-7-11-21-14-17)13-18(20)12-16-8-5-4-6-9-16/h7,10-11,13-16H,4-6,8-9,12H2,1-3H3. The molecule has 1 saturated carbocycles. The van der Waals surface area contributed by atoms with E-state index in [9.17, 15) is 0 Å². The van der Waals surface area contributed by atoms with Gasteiger partial charge in [0.05, 0.1) is 13.8 Å². The van der Waals surface area contributed by atoms with Crippen LogP contribution in [-0.4, -0.2) is 18.0 Å². The highest BCUT2D eigenvalue weighted by Crippen LogP contribution is 2.28. The van der Waals surface area contributed by atoms with Crippen molar-refractivity contribution >= 4 is 13.3 Å². The maximum absolute atomic E-state index is 4.76. The lowest BCUT2D eigenvalue weighted by Crippen LogP contribution is -2.41. The molecule has 0 amide bonds. The molecule has 0 N–H and O–H groups in total. The summed E-state index contributed by atoms with van der Waals surface area (Å²) in [5.74, 6) is 0.864. The van der Waals surface area contributed by atoms with Crippen molar-refractivity contribution in [2.75, 3.05) is 0 Å². The highest BCUT2D eigenvalue weighted by Gasteiger charge is 2.23. The van der Waals surface area contributed by atoms with Crippen LogP contribution in [0.3, 0.4) is 0 Å². The number of hydrogen-bond donors (Lipinski definition) is 0. The van der Waals surface area contributed by atoms with E-state index in [2.05, 4.69) is 43.0 Å². The van der Waals surface area contributed by atoms with Crippen LogP contribution >= 0.6 is 0 Å². The largest absolute Gasteiger partial charge is 0.264 e. The van der Waals surface area contributed by atoms with Crippen molar-refractivity contribution in [2.24, 2.45) is 5.92 Å². The number of nitrogens with zero attached hydrogens (tertiary/aromatic N) is 2. The van der Waals surface area contributed by atoms with Gasteiger partial charge in [0.15, 0.2) is 0 Å². The third-order valence-corrected chi connectivity index (χ3v) is 7.05. The molecule has 2 aromatic rings. The van der Waals surface area contributed by atoms with Crippen molar-refractivity contribution in [3.05, 3.63) is 42.4 Å². The van der Waals surface area contributed by atoms with E-state index in [1.165, 1.54) is 43.7 Å². The lowest BCUT2D eigenvalue weighted by atomic mass is 9.85. The van der Waals surface area contributed by atoms with Gasteiger partial charge in [-0.15, -0.1) is 0 Å². The zero-order chi connectivity index (χ0) is 16.3. The Kier molecular flexibility index (Phi) is 4.95. The van der Waals surface area contributed by atoms with Crippen LogP contribution in [0.25, 0.3) is 11.3 Å². The molecule has 0 bridgehead atoms. The monoisotopic (exact) mass is 324 g/mol. The van der Waals surface area contributed by atoms with Crippen LogP contribution in [0.1, 0.15) is 37.7 Å². The molecule has 1 aliphatic rings. The Balaban J connectivity index is 1.95. The summed E-state index contributed by atoms with van der Waals surface area (Å²) in [6.45, 7) is 7.29. The van der Waals surface area contributed by atoms with Crippen molar-refractivity contribution in [3.63, 3.8) is 0 Å². The average Bonchev–Trinajstić information content (AvgIpc) is 2.55. The summed E-state index contributed by atoms with van der Waals surface area (Å²) in [6.07, 6.45) is 14.2. The van der Waals surface area contributed by atoms with Gasteiger partial charge in [-0.3, -0.25) is 9.97 Å². The van der Waals surface area contributed by atoms with Gasteiger partial charge in [0.25, 0.3) is 0 Å². The molecule has 0 saturated heterocycles. The molecule has 0 aromatic carbocycles. The lowest BCUT2D eigenvalue weighted by Gasteiger charge is -2.26. The molecule has 0 unspecified atom stereocenters. The molecular formula is C20H28N2Si. The molecule has 3 heteroatoms. The highest BCUT2D eigenvalue weighted by molar-refractivity contribution is 6.89. The van der Waals surface area contributed by atoms with Crippen LogP contribution in [0.4, 0.5) is 0 Å². The van der Waals surface area contributed by atoms with Crippen molar-refractivity contribution in [1.82, 2.24) is 9.97 Å². The molecule has 2 aromatic heterocycles. The SMILES string of the molecule is C[Si](C)(C)c1cnc(-c2cccnc2)cc1CC1CCCCC1. The van der Waals surface area contributed by atoms with Crippen LogP contribution in [0.15, 0.2) is 36.8 Å². The van der Waals surface area contributed by atoms with Gasteiger partial charge >= 0.3 is 0 Å². The summed E-state index contributed by atoms with van der Waals surface area (Å²) in [5.41, 5.74) is 3.75. The van der Waals surface area contributed by atoms with E-state index in [0.717, 1.165) is 17.2 Å². The van der Waals surface area contributed by atoms with E-state index in [4.69, 9.17) is 4.98 Å². The van der Waals surface area contributed by atoms with Crippen LogP contribution < -0.4 is 5.19 Å². The van der Waals surface area contributed by atoms with Gasteiger partial charge < -0.3 is 0 Å². The Bertz CT molecular complexity index is 640. The minimum atomic E-state index is -1.36. The molecule has 2 heterocycles. The predicted octanol–water partition coefficient (Wildman–Crippen LogP) is 4.81. The minimum Gasteiger partial charge on any atom is -0.264 e. The molecule has 2 nitrogen and oxygen atoms in total. The Hall–Kier alpha value is -1.48. The van der Waals surface area contributed by atoms with Crippen LogP contribution in [0.5, 0.6) is 0 Å². The first kappa shape index (κ1) is 16.4. The van der Waals surface area contributed by atoms with Gasteiger partial charge in [-0.05, 0) is 41.3 Å². The zero-order valence-electron chi connectivity index (χ0n) is 14.7. The zero-order valence-corrected chi connectivity index (χ0v) is 15.7. The maximum Gasteiger partial charge on any atom is 0.0799 e. The molecule has 0 atom stereocenters. The Morgan fingerprint density at radius 2 is 1.87 bits per heavy atom. The Labute approximate surface area is 141 Å². The van der Waals surface area contributed by atoms with Crippen molar-refractivity contribution in [2.45, 2.75) is 58.2 Å². The van der Waals surface area contributed by atoms with Crippen molar-refractivity contribution in [1.29, 1.82) is 0 Å². The molecule has 0 spiro atoms. The van der Waals surface area contributed by atoms with Gasteiger partial charge in [-0.2, -0.15) is 0 Å². The number of hydrogen-bond acceptors (Lipinski definition) is 2. The molecule has 1 aliphatic carbocycles. The third-order valence-electron chi connectivity index (χ3n) is 4.99. The van der Waals surface area contributed by atoms with E-state index in [0.29, 0.717) is 0 Å². The summed E-state index contributed by atoms with van der Waals surface area (Å²) < 4.78 is 0. The van der Waals surface area contributed by atoms with E-state index in [1.54, 1.807) is 5.56 Å². The van der Waals surface area contributed by atoms with Gasteiger partial charge in [0.1, 0.15) is 0 Å². The third kappa shape index (κ3) is 4.08. The summed E-state index contributed by atoms with van der Waals surface area (Å²) >= 11 is 0. The maximum atomic E-state index is 4.76. The van der Waals surface area contributed by atoms with E-state index >= 15 is 0 Å². The Morgan fingerprint density at radius 3 is 2.52 bits per heavy atom. The first-order valence-electron chi connectivity index (χ1n) is 8.94. The molecule has 3 rings (SSSR count). The summed E-state index contributed by atoms with van der Waals surface area (Å²) in [6, 6.07) is 6.44. The normalized spacial score (nSPS) is 16.5. The second kappa shape index (κ2) is 6.96. The van der Waals surface area contributed by atoms with Gasteiger partial charge in [0.2, 0.25) is 0 Å². The summed E-state index contributed by atoms with van der Waals surface area (Å²) in [7, 11) is -1.36. The molecular weight excluding hydrogens is 296 g/mol. The summed E-state index contributed by atoms with van der Waals surface area (Å²) in [5, 5.41) is 1.54. The topological polar surface area (TPSA) is 25.8 Å². The minimum absolute atomic E-state index is 0.864. The molecule has 122 valence electrons. The van der Waals surface area contributed by atoms with E-state index < -0.39 is 8.07 Å². The van der Waals surface area contributed by atoms with E-state index in [1.807, 2.05) is 18.5 Å². The number of aromatic nitrogens is 2. The van der Waals surface area contributed by atoms with Crippen LogP contribution in [0, 0.1) is 5.92 Å². The first-order valence-corrected chi connectivity index (χ1v) is 12.4. The van der Waals surface area contributed by atoms with Crippen LogP contribution in [0.2, 0.25) is 19.6 Å². The number of rotatable bonds is 4. The highest BCUT2D eigenvalue weighted by atomic mass is 28.3. The number of pyridine rings is 2. The molecule has 0 aliphatic heterocycles. The van der Waals surface area contributed by atoms with Crippen molar-refractivity contribution in [3.8, 4) is 11.3 Å². The summed E-state index contributed by atoms with van der Waals surface area (Å²) in [4.78, 5) is 9.01. The van der Waals surface area contributed by atoms with Gasteiger partial charge in [-0.1, -0.05) is 51.7 Å². The fourth-order valence-corrected chi connectivity index (χ4v) is 5.31. The molecule has 23 heavy (non-hydrogen) atoms. The van der Waals surface area contributed by atoms with Crippen molar-refractivity contribution < 1.29 is 0 Å². The second-order valence-electron chi connectivity index (χ2n) is 7.93. The Morgan fingerprint density at radius 1 is 1.09 bits per heavy atom. The van der Waals surface area contributed by atoms with Crippen LogP contribution in [-0.2, 0) is 6.42 Å². The quantitative estimate of drug-likeness (QED) is 0.754. The fraction of sp³-hybridized carbons (Fsp3) is 0.500.